The van der Waals surface area contributed by atoms with Gasteiger partial charge in [-0.05, 0) is 23.8 Å². The topological polar surface area (TPSA) is 55.1 Å². The minimum absolute atomic E-state index is 0.00669. The summed E-state index contributed by atoms with van der Waals surface area (Å²) in [5.41, 5.74) is 7.33. The summed E-state index contributed by atoms with van der Waals surface area (Å²) in [7, 11) is 0. The van der Waals surface area contributed by atoms with Crippen LogP contribution in [0.4, 0.5) is 0 Å². The van der Waals surface area contributed by atoms with Crippen molar-refractivity contribution in [3.63, 3.8) is 0 Å². The average molecular weight is 276 g/mol. The van der Waals surface area contributed by atoms with Crippen molar-refractivity contribution in [3.05, 3.63) is 35.9 Å². The molecule has 0 spiro atoms. The highest BCUT2D eigenvalue weighted by atomic mass is 16.1. The van der Waals surface area contributed by atoms with Gasteiger partial charge in [-0.15, -0.1) is 0 Å². The SMILES string of the molecule is CCC(C(=O)NCC(N)CC(C)(C)C)c1ccccc1. The average Bonchev–Trinajstić information content (AvgIpc) is 2.36. The van der Waals surface area contributed by atoms with Gasteiger partial charge in [0.2, 0.25) is 5.91 Å². The molecule has 3 heteroatoms. The molecule has 0 radical (unpaired) electrons. The molecule has 0 bridgehead atoms. The van der Waals surface area contributed by atoms with Crippen LogP contribution in [0.3, 0.4) is 0 Å². The van der Waals surface area contributed by atoms with Gasteiger partial charge in [0.1, 0.15) is 0 Å². The van der Waals surface area contributed by atoms with Gasteiger partial charge >= 0.3 is 0 Å². The molecule has 0 aliphatic rings. The summed E-state index contributed by atoms with van der Waals surface area (Å²) in [6, 6.07) is 9.92. The van der Waals surface area contributed by atoms with Gasteiger partial charge in [-0.3, -0.25) is 4.79 Å². The molecule has 0 saturated heterocycles. The smallest absolute Gasteiger partial charge is 0.227 e. The molecule has 1 amide bonds. The lowest BCUT2D eigenvalue weighted by Gasteiger charge is -2.24. The normalized spacial score (nSPS) is 14.7. The predicted molar refractivity (Wildman–Crippen MR) is 84.5 cm³/mol. The number of hydrogen-bond acceptors (Lipinski definition) is 2. The maximum Gasteiger partial charge on any atom is 0.227 e. The minimum atomic E-state index is -0.0852. The van der Waals surface area contributed by atoms with Crippen LogP contribution >= 0.6 is 0 Å². The number of rotatable bonds is 6. The molecule has 2 atom stereocenters. The van der Waals surface area contributed by atoms with Gasteiger partial charge < -0.3 is 11.1 Å². The van der Waals surface area contributed by atoms with E-state index in [0.29, 0.717) is 6.54 Å². The first-order chi connectivity index (χ1) is 9.33. The summed E-state index contributed by atoms with van der Waals surface area (Å²) in [6.07, 6.45) is 1.69. The van der Waals surface area contributed by atoms with Crippen LogP contribution in [-0.2, 0) is 4.79 Å². The van der Waals surface area contributed by atoms with E-state index in [-0.39, 0.29) is 23.3 Å². The van der Waals surface area contributed by atoms with Crippen LogP contribution < -0.4 is 11.1 Å². The van der Waals surface area contributed by atoms with Crippen molar-refractivity contribution < 1.29 is 4.79 Å². The third-order valence-corrected chi connectivity index (χ3v) is 3.34. The predicted octanol–water partition coefficient (Wildman–Crippen LogP) is 3.06. The van der Waals surface area contributed by atoms with Crippen molar-refractivity contribution in [2.75, 3.05) is 6.54 Å². The fourth-order valence-corrected chi connectivity index (χ4v) is 2.47. The number of hydrogen-bond donors (Lipinski definition) is 2. The van der Waals surface area contributed by atoms with Crippen LogP contribution in [0, 0.1) is 5.41 Å². The van der Waals surface area contributed by atoms with E-state index in [4.69, 9.17) is 5.73 Å². The van der Waals surface area contributed by atoms with Gasteiger partial charge in [-0.2, -0.15) is 0 Å². The number of nitrogens with two attached hydrogens (primary N) is 1. The van der Waals surface area contributed by atoms with E-state index >= 15 is 0 Å². The first-order valence-electron chi connectivity index (χ1n) is 7.41. The second-order valence-corrected chi connectivity index (χ2v) is 6.64. The first kappa shape index (κ1) is 16.7. The molecule has 0 aliphatic heterocycles. The third kappa shape index (κ3) is 5.74. The van der Waals surface area contributed by atoms with E-state index in [9.17, 15) is 4.79 Å². The van der Waals surface area contributed by atoms with Gasteiger partial charge in [-0.25, -0.2) is 0 Å². The highest BCUT2D eigenvalue weighted by molar-refractivity contribution is 5.83. The number of benzene rings is 1. The van der Waals surface area contributed by atoms with Gasteiger partial charge in [0, 0.05) is 12.6 Å². The Hall–Kier alpha value is -1.35. The molecular formula is C17H28N2O. The minimum Gasteiger partial charge on any atom is -0.354 e. The van der Waals surface area contributed by atoms with Gasteiger partial charge in [0.15, 0.2) is 0 Å². The fourth-order valence-electron chi connectivity index (χ4n) is 2.47. The highest BCUT2D eigenvalue weighted by Crippen LogP contribution is 2.21. The van der Waals surface area contributed by atoms with Crippen molar-refractivity contribution in [1.82, 2.24) is 5.32 Å². The van der Waals surface area contributed by atoms with Crippen LogP contribution in [0.5, 0.6) is 0 Å². The molecule has 20 heavy (non-hydrogen) atoms. The molecule has 1 rings (SSSR count). The van der Waals surface area contributed by atoms with Crippen LogP contribution in [0.1, 0.15) is 52.0 Å². The van der Waals surface area contributed by atoms with E-state index in [1.807, 2.05) is 37.3 Å². The summed E-state index contributed by atoms with van der Waals surface area (Å²) >= 11 is 0. The van der Waals surface area contributed by atoms with Gasteiger partial charge in [0.25, 0.3) is 0 Å². The van der Waals surface area contributed by atoms with E-state index in [2.05, 4.69) is 26.1 Å². The molecule has 1 aromatic rings. The van der Waals surface area contributed by atoms with Gasteiger partial charge in [0.05, 0.1) is 5.92 Å². The van der Waals surface area contributed by atoms with Crippen molar-refractivity contribution >= 4 is 5.91 Å². The Labute approximate surface area is 122 Å². The zero-order chi connectivity index (χ0) is 15.2. The monoisotopic (exact) mass is 276 g/mol. The number of amides is 1. The lowest BCUT2D eigenvalue weighted by atomic mass is 9.88. The summed E-state index contributed by atoms with van der Waals surface area (Å²) in [5, 5.41) is 2.99. The van der Waals surface area contributed by atoms with E-state index < -0.39 is 0 Å². The zero-order valence-electron chi connectivity index (χ0n) is 13.1. The maximum absolute atomic E-state index is 12.3. The van der Waals surface area contributed by atoms with Crippen LogP contribution in [0.2, 0.25) is 0 Å². The van der Waals surface area contributed by atoms with E-state index in [1.165, 1.54) is 0 Å². The highest BCUT2D eigenvalue weighted by Gasteiger charge is 2.20. The van der Waals surface area contributed by atoms with Crippen molar-refractivity contribution in [1.29, 1.82) is 0 Å². The van der Waals surface area contributed by atoms with Crippen LogP contribution in [-0.4, -0.2) is 18.5 Å². The molecular weight excluding hydrogens is 248 g/mol. The second-order valence-electron chi connectivity index (χ2n) is 6.64. The largest absolute Gasteiger partial charge is 0.354 e. The molecule has 3 N–H and O–H groups in total. The molecule has 0 heterocycles. The number of carbonyl (C=O) groups excluding carboxylic acids is 1. The Kier molecular flexibility index (Phi) is 6.21. The lowest BCUT2D eigenvalue weighted by molar-refractivity contribution is -0.122. The Morgan fingerprint density at radius 2 is 1.85 bits per heavy atom. The molecule has 0 aliphatic carbocycles. The van der Waals surface area contributed by atoms with Crippen LogP contribution in [0.25, 0.3) is 0 Å². The Morgan fingerprint density at radius 3 is 2.35 bits per heavy atom. The van der Waals surface area contributed by atoms with Crippen molar-refractivity contribution in [3.8, 4) is 0 Å². The van der Waals surface area contributed by atoms with Gasteiger partial charge in [-0.1, -0.05) is 58.0 Å². The Balaban J connectivity index is 2.53. The van der Waals surface area contributed by atoms with E-state index in [0.717, 1.165) is 18.4 Å². The molecule has 0 fully saturated rings. The molecule has 3 nitrogen and oxygen atoms in total. The zero-order valence-corrected chi connectivity index (χ0v) is 13.1. The van der Waals surface area contributed by atoms with E-state index in [1.54, 1.807) is 0 Å². The standard InChI is InChI=1S/C17H28N2O/c1-5-15(13-9-7-6-8-10-13)16(20)19-12-14(18)11-17(2,3)4/h6-10,14-15H,5,11-12,18H2,1-4H3,(H,19,20). The second kappa shape index (κ2) is 7.44. The van der Waals surface area contributed by atoms with Crippen LogP contribution in [0.15, 0.2) is 30.3 Å². The number of nitrogens with one attached hydrogen (secondary N) is 1. The van der Waals surface area contributed by atoms with Crippen molar-refractivity contribution in [2.24, 2.45) is 11.1 Å². The molecule has 2 unspecified atom stereocenters. The fraction of sp³-hybridized carbons (Fsp3) is 0.588. The number of carbonyl (C=O) groups is 1. The summed E-state index contributed by atoms with van der Waals surface area (Å²) < 4.78 is 0. The Bertz CT molecular complexity index is 409. The molecule has 1 aromatic carbocycles. The lowest BCUT2D eigenvalue weighted by Crippen LogP contribution is -2.41. The Morgan fingerprint density at radius 1 is 1.25 bits per heavy atom. The maximum atomic E-state index is 12.3. The quantitative estimate of drug-likeness (QED) is 0.839. The summed E-state index contributed by atoms with van der Waals surface area (Å²) in [4.78, 5) is 12.3. The molecule has 0 aromatic heterocycles. The first-order valence-corrected chi connectivity index (χ1v) is 7.41. The third-order valence-electron chi connectivity index (χ3n) is 3.34. The summed E-state index contributed by atoms with van der Waals surface area (Å²) in [5.74, 6) is -0.0129. The molecule has 112 valence electrons. The summed E-state index contributed by atoms with van der Waals surface area (Å²) in [6.45, 7) is 9.06. The molecule has 0 saturated carbocycles. The van der Waals surface area contributed by atoms with Crippen molar-refractivity contribution in [2.45, 2.75) is 52.5 Å².